The lowest BCUT2D eigenvalue weighted by Crippen LogP contribution is -2.22. The molecule has 0 spiro atoms. The molecule has 2 heterocycles. The number of aryl methyl sites for hydroxylation is 2. The monoisotopic (exact) mass is 434 g/mol. The van der Waals surface area contributed by atoms with Crippen molar-refractivity contribution in [2.24, 2.45) is 5.10 Å². The maximum Gasteiger partial charge on any atom is 0.282 e. The summed E-state index contributed by atoms with van der Waals surface area (Å²) in [6.07, 6.45) is 4.29. The molecular formula is C22H19BrN4O. The first-order chi connectivity index (χ1) is 13.6. The molecule has 0 saturated heterocycles. The Hall–Kier alpha value is -2.99. The second-order valence-electron chi connectivity index (χ2n) is 6.54. The summed E-state index contributed by atoms with van der Waals surface area (Å²) < 4.78 is 4.26. The van der Waals surface area contributed by atoms with Crippen LogP contribution in [-0.4, -0.2) is 20.4 Å². The van der Waals surface area contributed by atoms with E-state index in [2.05, 4.69) is 57.2 Å². The molecule has 6 heteroatoms. The van der Waals surface area contributed by atoms with Crippen molar-refractivity contribution >= 4 is 33.0 Å². The third-order valence-corrected chi connectivity index (χ3v) is 5.08. The average molecular weight is 435 g/mol. The molecule has 28 heavy (non-hydrogen) atoms. The van der Waals surface area contributed by atoms with Crippen LogP contribution >= 0.6 is 15.9 Å². The topological polar surface area (TPSA) is 52.2 Å². The Balaban J connectivity index is 1.80. The van der Waals surface area contributed by atoms with Gasteiger partial charge in [-0.15, -0.1) is 0 Å². The Morgan fingerprint density at radius 2 is 1.93 bits per heavy atom. The molecule has 0 atom stereocenters. The predicted octanol–water partition coefficient (Wildman–Crippen LogP) is 4.70. The van der Waals surface area contributed by atoms with E-state index in [1.54, 1.807) is 12.3 Å². The summed E-state index contributed by atoms with van der Waals surface area (Å²) in [5.74, 6) is 0.629. The Bertz CT molecular complexity index is 1240. The van der Waals surface area contributed by atoms with Crippen LogP contribution in [0.5, 0.6) is 0 Å². The molecule has 0 fully saturated rings. The highest BCUT2D eigenvalue weighted by Crippen LogP contribution is 2.16. The van der Waals surface area contributed by atoms with E-state index in [4.69, 9.17) is 0 Å². The third-order valence-electron chi connectivity index (χ3n) is 4.59. The molecule has 0 bridgehead atoms. The van der Waals surface area contributed by atoms with Crippen molar-refractivity contribution in [2.75, 3.05) is 0 Å². The number of hydrogen-bond acceptors (Lipinski definition) is 3. The first kappa shape index (κ1) is 18.4. The van der Waals surface area contributed by atoms with Gasteiger partial charge in [-0.1, -0.05) is 40.5 Å². The number of hydrogen-bond donors (Lipinski definition) is 0. The highest BCUT2D eigenvalue weighted by atomic mass is 79.9. The predicted molar refractivity (Wildman–Crippen MR) is 117 cm³/mol. The SMILES string of the molecule is CCc1nc2ccc(Br)cc2c(=O)n1N=Cc1cccn1-c1ccc(C)cc1. The normalized spacial score (nSPS) is 11.5. The van der Waals surface area contributed by atoms with Gasteiger partial charge in [-0.05, 0) is 49.4 Å². The van der Waals surface area contributed by atoms with E-state index < -0.39 is 0 Å². The van der Waals surface area contributed by atoms with E-state index in [-0.39, 0.29) is 5.56 Å². The van der Waals surface area contributed by atoms with Crippen molar-refractivity contribution in [1.29, 1.82) is 0 Å². The molecular weight excluding hydrogens is 416 g/mol. The lowest BCUT2D eigenvalue weighted by Gasteiger charge is -2.09. The lowest BCUT2D eigenvalue weighted by atomic mass is 10.2. The zero-order valence-electron chi connectivity index (χ0n) is 15.6. The summed E-state index contributed by atoms with van der Waals surface area (Å²) in [6, 6.07) is 17.7. The largest absolute Gasteiger partial charge is 0.316 e. The van der Waals surface area contributed by atoms with Crippen LogP contribution in [0.2, 0.25) is 0 Å². The quantitative estimate of drug-likeness (QED) is 0.437. The maximum atomic E-state index is 13.0. The zero-order chi connectivity index (χ0) is 19.7. The number of aromatic nitrogens is 3. The summed E-state index contributed by atoms with van der Waals surface area (Å²) in [4.78, 5) is 17.6. The number of fused-ring (bicyclic) bond motifs is 1. The van der Waals surface area contributed by atoms with Gasteiger partial charge in [0.05, 0.1) is 22.8 Å². The molecule has 0 aliphatic carbocycles. The fourth-order valence-corrected chi connectivity index (χ4v) is 3.46. The molecule has 0 aliphatic heterocycles. The van der Waals surface area contributed by atoms with Crippen LogP contribution in [-0.2, 0) is 6.42 Å². The molecule has 5 nitrogen and oxygen atoms in total. The van der Waals surface area contributed by atoms with E-state index in [0.717, 1.165) is 15.9 Å². The Kier molecular flexibility index (Phi) is 4.96. The van der Waals surface area contributed by atoms with Crippen LogP contribution in [0.4, 0.5) is 0 Å². The summed E-state index contributed by atoms with van der Waals surface area (Å²) in [6.45, 7) is 4.03. The average Bonchev–Trinajstić information content (AvgIpc) is 3.16. The molecule has 0 N–H and O–H groups in total. The van der Waals surface area contributed by atoms with Gasteiger partial charge in [-0.25, -0.2) is 4.98 Å². The van der Waals surface area contributed by atoms with E-state index in [1.165, 1.54) is 10.2 Å². The van der Waals surface area contributed by atoms with Crippen molar-refractivity contribution in [2.45, 2.75) is 20.3 Å². The number of rotatable bonds is 4. The van der Waals surface area contributed by atoms with Crippen LogP contribution < -0.4 is 5.56 Å². The van der Waals surface area contributed by atoms with Crippen molar-refractivity contribution in [3.8, 4) is 5.69 Å². The molecule has 0 aliphatic rings. The molecule has 4 aromatic rings. The minimum Gasteiger partial charge on any atom is -0.316 e. The van der Waals surface area contributed by atoms with E-state index in [9.17, 15) is 4.79 Å². The summed E-state index contributed by atoms with van der Waals surface area (Å²) in [7, 11) is 0. The standard InChI is InChI=1S/C22H19BrN4O/c1-3-21-25-20-11-8-16(23)13-19(20)22(28)27(21)24-14-18-5-4-12-26(18)17-9-6-15(2)7-10-17/h4-14H,3H2,1-2H3. The molecule has 2 aromatic heterocycles. The van der Waals surface area contributed by atoms with Crippen molar-refractivity contribution in [3.63, 3.8) is 0 Å². The summed E-state index contributed by atoms with van der Waals surface area (Å²) in [5, 5.41) is 5.02. The van der Waals surface area contributed by atoms with Gasteiger partial charge in [-0.3, -0.25) is 4.79 Å². The van der Waals surface area contributed by atoms with E-state index in [1.807, 2.05) is 42.0 Å². The summed E-state index contributed by atoms with van der Waals surface area (Å²) in [5.41, 5.74) is 3.64. The molecule has 4 rings (SSSR count). The smallest absolute Gasteiger partial charge is 0.282 e. The molecule has 0 saturated carbocycles. The van der Waals surface area contributed by atoms with Gasteiger partial charge in [-0.2, -0.15) is 9.78 Å². The Labute approximate surface area is 171 Å². The van der Waals surface area contributed by atoms with Crippen molar-refractivity contribution in [1.82, 2.24) is 14.2 Å². The molecule has 0 amide bonds. The Morgan fingerprint density at radius 1 is 1.14 bits per heavy atom. The zero-order valence-corrected chi connectivity index (χ0v) is 17.2. The molecule has 0 unspecified atom stereocenters. The highest BCUT2D eigenvalue weighted by Gasteiger charge is 2.10. The van der Waals surface area contributed by atoms with Crippen LogP contribution in [0.15, 0.2) is 75.2 Å². The van der Waals surface area contributed by atoms with Crippen LogP contribution in [0, 0.1) is 6.92 Å². The first-order valence-corrected chi connectivity index (χ1v) is 9.86. The second-order valence-corrected chi connectivity index (χ2v) is 7.46. The van der Waals surface area contributed by atoms with Gasteiger partial charge in [0.1, 0.15) is 5.82 Å². The molecule has 140 valence electrons. The van der Waals surface area contributed by atoms with Gasteiger partial charge in [0.2, 0.25) is 0 Å². The van der Waals surface area contributed by atoms with E-state index in [0.29, 0.717) is 23.1 Å². The van der Waals surface area contributed by atoms with Gasteiger partial charge < -0.3 is 4.57 Å². The minimum absolute atomic E-state index is 0.173. The number of nitrogens with zero attached hydrogens (tertiary/aromatic N) is 4. The van der Waals surface area contributed by atoms with E-state index >= 15 is 0 Å². The minimum atomic E-state index is -0.173. The van der Waals surface area contributed by atoms with Crippen LogP contribution in [0.1, 0.15) is 24.0 Å². The molecule has 2 aromatic carbocycles. The fraction of sp³-hybridized carbons (Fsp3) is 0.136. The fourth-order valence-electron chi connectivity index (χ4n) is 3.10. The molecule has 0 radical (unpaired) electrons. The second kappa shape index (κ2) is 7.56. The Morgan fingerprint density at radius 3 is 2.68 bits per heavy atom. The van der Waals surface area contributed by atoms with Gasteiger partial charge in [0.25, 0.3) is 5.56 Å². The van der Waals surface area contributed by atoms with Crippen LogP contribution in [0.25, 0.3) is 16.6 Å². The number of halogens is 1. The highest BCUT2D eigenvalue weighted by molar-refractivity contribution is 9.10. The third kappa shape index (κ3) is 3.43. The van der Waals surface area contributed by atoms with Crippen molar-refractivity contribution in [3.05, 3.63) is 92.7 Å². The lowest BCUT2D eigenvalue weighted by molar-refractivity contribution is 0.734. The summed E-state index contributed by atoms with van der Waals surface area (Å²) >= 11 is 3.42. The number of benzene rings is 2. The van der Waals surface area contributed by atoms with Gasteiger partial charge >= 0.3 is 0 Å². The maximum absolute atomic E-state index is 13.0. The van der Waals surface area contributed by atoms with Crippen molar-refractivity contribution < 1.29 is 0 Å². The first-order valence-electron chi connectivity index (χ1n) is 9.07. The van der Waals surface area contributed by atoms with Gasteiger partial charge in [0, 0.05) is 22.8 Å². The van der Waals surface area contributed by atoms with Gasteiger partial charge in [0.15, 0.2) is 0 Å². The van der Waals surface area contributed by atoms with Crippen LogP contribution in [0.3, 0.4) is 0 Å².